The molecule has 0 spiro atoms. The molecule has 0 aromatic heterocycles. The molecule has 4 aliphatic rings. The normalized spacial score (nSPS) is 43.6. The quantitative estimate of drug-likeness (QED) is 0.644. The third-order valence-corrected chi connectivity index (χ3v) is 6.03. The molecule has 108 valence electrons. The van der Waals surface area contributed by atoms with Gasteiger partial charge in [0.15, 0.2) is 0 Å². The van der Waals surface area contributed by atoms with E-state index in [2.05, 4.69) is 35.7 Å². The summed E-state index contributed by atoms with van der Waals surface area (Å²) in [5, 5.41) is 4.06. The Kier molecular flexibility index (Phi) is 3.56. The van der Waals surface area contributed by atoms with Gasteiger partial charge in [-0.1, -0.05) is 55.2 Å². The van der Waals surface area contributed by atoms with Gasteiger partial charge in [-0.15, -0.1) is 0 Å². The van der Waals surface area contributed by atoms with E-state index in [-0.39, 0.29) is 0 Å². The first-order valence-corrected chi connectivity index (χ1v) is 8.72. The first kappa shape index (κ1) is 12.9. The predicted octanol–water partition coefficient (Wildman–Crippen LogP) is 4.38. The first-order chi connectivity index (χ1) is 9.92. The molecule has 0 amide bonds. The molecule has 1 heterocycles. The summed E-state index contributed by atoms with van der Waals surface area (Å²) in [6.45, 7) is 0. The van der Waals surface area contributed by atoms with Gasteiger partial charge < -0.3 is 5.32 Å². The van der Waals surface area contributed by atoms with E-state index in [9.17, 15) is 0 Å². The average molecular weight is 269 g/mol. The third kappa shape index (κ3) is 2.30. The van der Waals surface area contributed by atoms with E-state index in [4.69, 9.17) is 0 Å². The summed E-state index contributed by atoms with van der Waals surface area (Å²) in [5.74, 6) is 2.52. The Morgan fingerprint density at radius 2 is 1.85 bits per heavy atom. The van der Waals surface area contributed by atoms with Gasteiger partial charge in [0.05, 0.1) is 0 Å². The second kappa shape index (κ2) is 5.52. The summed E-state index contributed by atoms with van der Waals surface area (Å²) in [5.41, 5.74) is 1.65. The van der Waals surface area contributed by atoms with Crippen LogP contribution in [-0.2, 0) is 0 Å². The third-order valence-electron chi connectivity index (χ3n) is 6.03. The van der Waals surface area contributed by atoms with Gasteiger partial charge in [-0.05, 0) is 49.9 Å². The fourth-order valence-electron chi connectivity index (χ4n) is 4.97. The molecule has 5 unspecified atom stereocenters. The predicted molar refractivity (Wildman–Crippen MR) is 84.5 cm³/mol. The van der Waals surface area contributed by atoms with E-state index in [1.807, 2.05) is 0 Å². The van der Waals surface area contributed by atoms with Crippen LogP contribution in [0.1, 0.15) is 51.4 Å². The maximum Gasteiger partial charge on any atom is 0.0288 e. The van der Waals surface area contributed by atoms with E-state index in [0.717, 1.165) is 23.8 Å². The number of hydrogen-bond donors (Lipinski definition) is 1. The minimum atomic E-state index is 0.654. The van der Waals surface area contributed by atoms with Gasteiger partial charge >= 0.3 is 0 Å². The lowest BCUT2D eigenvalue weighted by molar-refractivity contribution is 0.174. The zero-order chi connectivity index (χ0) is 13.4. The molecule has 1 saturated carbocycles. The van der Waals surface area contributed by atoms with Crippen LogP contribution in [0.15, 0.2) is 36.0 Å². The monoisotopic (exact) mass is 269 g/mol. The number of rotatable bonds is 0. The molecule has 2 fully saturated rings. The van der Waals surface area contributed by atoms with Crippen LogP contribution in [0.2, 0.25) is 0 Å². The van der Waals surface area contributed by atoms with Gasteiger partial charge in [-0.25, -0.2) is 0 Å². The van der Waals surface area contributed by atoms with Crippen LogP contribution in [0.4, 0.5) is 0 Å². The number of hydrogen-bond acceptors (Lipinski definition) is 1. The Balaban J connectivity index is 1.59. The molecule has 20 heavy (non-hydrogen) atoms. The summed E-state index contributed by atoms with van der Waals surface area (Å²) in [7, 11) is 0. The van der Waals surface area contributed by atoms with Crippen LogP contribution in [0, 0.1) is 17.8 Å². The van der Waals surface area contributed by atoms with Crippen LogP contribution in [0.25, 0.3) is 0 Å². The number of allylic oxidation sites excluding steroid dienone is 4. The first-order valence-electron chi connectivity index (χ1n) is 8.72. The van der Waals surface area contributed by atoms with Crippen molar-refractivity contribution in [1.82, 2.24) is 5.32 Å². The van der Waals surface area contributed by atoms with Gasteiger partial charge in [0.2, 0.25) is 0 Å². The number of nitrogens with one attached hydrogen (secondary N) is 1. The number of fused-ring (bicyclic) bond motifs is 4. The molecule has 1 saturated heterocycles. The molecule has 1 heteroatoms. The lowest BCUT2D eigenvalue weighted by Gasteiger charge is -2.46. The highest BCUT2D eigenvalue weighted by atomic mass is 15.0. The Labute approximate surface area is 123 Å². The molecule has 5 atom stereocenters. The van der Waals surface area contributed by atoms with Crippen molar-refractivity contribution in [1.29, 1.82) is 0 Å². The van der Waals surface area contributed by atoms with Crippen LogP contribution < -0.4 is 5.32 Å². The lowest BCUT2D eigenvalue weighted by atomic mass is 9.68. The maximum absolute atomic E-state index is 4.06. The van der Waals surface area contributed by atoms with Crippen molar-refractivity contribution in [3.8, 4) is 0 Å². The molecule has 1 nitrogen and oxygen atoms in total. The summed E-state index contributed by atoms with van der Waals surface area (Å²) in [6.07, 6.45) is 23.2. The molecule has 1 N–H and O–H groups in total. The zero-order valence-corrected chi connectivity index (χ0v) is 12.4. The second-order valence-corrected chi connectivity index (χ2v) is 7.21. The van der Waals surface area contributed by atoms with Crippen molar-refractivity contribution in [3.63, 3.8) is 0 Å². The van der Waals surface area contributed by atoms with E-state index < -0.39 is 0 Å². The van der Waals surface area contributed by atoms with Crippen LogP contribution in [-0.4, -0.2) is 12.1 Å². The van der Waals surface area contributed by atoms with Gasteiger partial charge in [-0.3, -0.25) is 0 Å². The molecule has 0 aromatic rings. The highest BCUT2D eigenvalue weighted by Gasteiger charge is 2.41. The standard InChI is InChI=1S/C19H27N/c1-3-7-14-11-12-16-13-15-8-4-2-6-10-18(15)20-19(16)17(14)9-5-1/h2,4,8,11-12,14,16-20H,1,3,5-7,9-10,13H2. The Bertz CT molecular complexity index is 445. The molecule has 0 aromatic carbocycles. The van der Waals surface area contributed by atoms with Crippen molar-refractivity contribution in [2.24, 2.45) is 17.8 Å². The number of piperidine rings is 1. The summed E-state index contributed by atoms with van der Waals surface area (Å²) < 4.78 is 0. The Morgan fingerprint density at radius 1 is 0.950 bits per heavy atom. The summed E-state index contributed by atoms with van der Waals surface area (Å²) >= 11 is 0. The fraction of sp³-hybridized carbons (Fsp3) is 0.684. The smallest absolute Gasteiger partial charge is 0.0288 e. The Hall–Kier alpha value is -0.820. The SMILES string of the molecule is C1=CCCC2NC3C(C=CC4CCCCCC43)CC2=C1. The molecule has 3 aliphatic carbocycles. The summed E-state index contributed by atoms with van der Waals surface area (Å²) in [6, 6.07) is 1.41. The fourth-order valence-corrected chi connectivity index (χ4v) is 4.97. The minimum absolute atomic E-state index is 0.654. The van der Waals surface area contributed by atoms with Gasteiger partial charge in [0, 0.05) is 12.1 Å². The molecular formula is C19H27N. The van der Waals surface area contributed by atoms with Gasteiger partial charge in [0.1, 0.15) is 0 Å². The van der Waals surface area contributed by atoms with Gasteiger partial charge in [0.25, 0.3) is 0 Å². The van der Waals surface area contributed by atoms with Crippen molar-refractivity contribution >= 4 is 0 Å². The minimum Gasteiger partial charge on any atom is -0.307 e. The molecule has 4 rings (SSSR count). The average Bonchev–Trinajstić information content (AvgIpc) is 2.84. The van der Waals surface area contributed by atoms with E-state index >= 15 is 0 Å². The highest BCUT2D eigenvalue weighted by molar-refractivity contribution is 5.27. The van der Waals surface area contributed by atoms with E-state index in [1.165, 1.54) is 51.4 Å². The lowest BCUT2D eigenvalue weighted by Crippen LogP contribution is -2.54. The Morgan fingerprint density at radius 3 is 2.85 bits per heavy atom. The maximum atomic E-state index is 4.06. The topological polar surface area (TPSA) is 12.0 Å². The summed E-state index contributed by atoms with van der Waals surface area (Å²) in [4.78, 5) is 0. The zero-order valence-electron chi connectivity index (χ0n) is 12.4. The largest absolute Gasteiger partial charge is 0.307 e. The van der Waals surface area contributed by atoms with Crippen molar-refractivity contribution in [2.45, 2.75) is 63.5 Å². The van der Waals surface area contributed by atoms with Crippen LogP contribution in [0.5, 0.6) is 0 Å². The van der Waals surface area contributed by atoms with Gasteiger partial charge in [-0.2, -0.15) is 0 Å². The highest BCUT2D eigenvalue weighted by Crippen LogP contribution is 2.43. The van der Waals surface area contributed by atoms with E-state index in [1.54, 1.807) is 5.57 Å². The van der Waals surface area contributed by atoms with Crippen LogP contribution >= 0.6 is 0 Å². The molecule has 0 radical (unpaired) electrons. The van der Waals surface area contributed by atoms with Crippen molar-refractivity contribution in [2.75, 3.05) is 0 Å². The van der Waals surface area contributed by atoms with Crippen molar-refractivity contribution in [3.05, 3.63) is 36.0 Å². The van der Waals surface area contributed by atoms with Crippen LogP contribution in [0.3, 0.4) is 0 Å². The van der Waals surface area contributed by atoms with Crippen molar-refractivity contribution < 1.29 is 0 Å². The second-order valence-electron chi connectivity index (χ2n) is 7.21. The molecular weight excluding hydrogens is 242 g/mol. The molecule has 1 aliphatic heterocycles. The molecule has 0 bridgehead atoms. The van der Waals surface area contributed by atoms with E-state index in [0.29, 0.717) is 6.04 Å².